The zero-order chi connectivity index (χ0) is 11.1. The Morgan fingerprint density at radius 1 is 1.33 bits per heavy atom. The van der Waals surface area contributed by atoms with Crippen LogP contribution in [0.4, 0.5) is 0 Å². The van der Waals surface area contributed by atoms with Crippen LogP contribution >= 0.6 is 0 Å². The quantitative estimate of drug-likeness (QED) is 0.546. The number of ether oxygens (including phenoxy) is 1. The summed E-state index contributed by atoms with van der Waals surface area (Å²) in [6, 6.07) is 0. The van der Waals surface area contributed by atoms with E-state index in [1.807, 2.05) is 11.9 Å². The molecule has 2 heterocycles. The van der Waals surface area contributed by atoms with Crippen LogP contribution < -0.4 is 0 Å². The van der Waals surface area contributed by atoms with Gasteiger partial charge in [0.2, 0.25) is 5.91 Å². The second-order valence-electron chi connectivity index (χ2n) is 5.38. The van der Waals surface area contributed by atoms with E-state index >= 15 is 0 Å². The Hall–Kier alpha value is -0.610. The molecule has 2 aliphatic heterocycles. The van der Waals surface area contributed by atoms with Crippen molar-refractivity contribution in [3.63, 3.8) is 0 Å². The monoisotopic (exact) mass is 213 g/mol. The van der Waals surface area contributed by atoms with Crippen LogP contribution in [0, 0.1) is 0 Å². The molecule has 0 radical (unpaired) electrons. The van der Waals surface area contributed by atoms with E-state index in [0.29, 0.717) is 13.0 Å². The molecule has 86 valence electrons. The summed E-state index contributed by atoms with van der Waals surface area (Å²) in [6.07, 6.45) is 2.46. The summed E-state index contributed by atoms with van der Waals surface area (Å²) in [7, 11) is 6.35. The average molecular weight is 213 g/mol. The summed E-state index contributed by atoms with van der Waals surface area (Å²) in [4.78, 5) is 13.5. The van der Waals surface area contributed by atoms with Crippen molar-refractivity contribution in [1.82, 2.24) is 4.90 Å². The molecule has 4 nitrogen and oxygen atoms in total. The van der Waals surface area contributed by atoms with Crippen molar-refractivity contribution in [2.24, 2.45) is 0 Å². The van der Waals surface area contributed by atoms with Crippen LogP contribution in [0.5, 0.6) is 0 Å². The van der Waals surface area contributed by atoms with Crippen LogP contribution in [0.2, 0.25) is 0 Å². The third-order valence-corrected chi connectivity index (χ3v) is 3.89. The number of hydrogen-bond donors (Lipinski definition) is 0. The van der Waals surface area contributed by atoms with E-state index < -0.39 is 0 Å². The van der Waals surface area contributed by atoms with Crippen molar-refractivity contribution in [3.8, 4) is 0 Å². The normalized spacial score (nSPS) is 29.5. The molecule has 4 heteroatoms. The van der Waals surface area contributed by atoms with E-state index in [9.17, 15) is 4.79 Å². The molecule has 0 atom stereocenters. The van der Waals surface area contributed by atoms with Crippen LogP contribution in [0.15, 0.2) is 0 Å². The summed E-state index contributed by atoms with van der Waals surface area (Å²) in [5.41, 5.74) is -0.289. The molecule has 0 bridgehead atoms. The second kappa shape index (κ2) is 3.46. The van der Waals surface area contributed by atoms with Gasteiger partial charge in [-0.3, -0.25) is 4.79 Å². The summed E-state index contributed by atoms with van der Waals surface area (Å²) < 4.78 is 6.91. The predicted octanol–water partition coefficient (Wildman–Crippen LogP) is 0.432. The van der Waals surface area contributed by atoms with Crippen molar-refractivity contribution < 1.29 is 14.0 Å². The van der Waals surface area contributed by atoms with Gasteiger partial charge in [0.05, 0.1) is 40.2 Å². The summed E-state index contributed by atoms with van der Waals surface area (Å²) >= 11 is 0. The molecule has 2 aliphatic rings. The number of piperidine rings is 1. The maximum absolute atomic E-state index is 11.7. The molecule has 0 aromatic carbocycles. The SMILES string of the molecule is CN1C(=O)CCOC12CC[N+](C)(C)CC2. The van der Waals surface area contributed by atoms with Gasteiger partial charge < -0.3 is 14.1 Å². The van der Waals surface area contributed by atoms with Gasteiger partial charge in [-0.25, -0.2) is 0 Å². The van der Waals surface area contributed by atoms with E-state index in [2.05, 4.69) is 14.1 Å². The Bertz CT molecular complexity index is 266. The summed E-state index contributed by atoms with van der Waals surface area (Å²) in [5, 5.41) is 0. The molecule has 15 heavy (non-hydrogen) atoms. The minimum Gasteiger partial charge on any atom is -0.355 e. The number of hydrogen-bond acceptors (Lipinski definition) is 2. The number of amides is 1. The average Bonchev–Trinajstić information content (AvgIpc) is 2.19. The number of nitrogens with zero attached hydrogens (tertiary/aromatic N) is 2. The van der Waals surface area contributed by atoms with Gasteiger partial charge >= 0.3 is 0 Å². The molecular weight excluding hydrogens is 192 g/mol. The number of carbonyl (C=O) groups is 1. The molecule has 0 aromatic rings. The fourth-order valence-corrected chi connectivity index (χ4v) is 2.49. The zero-order valence-electron chi connectivity index (χ0n) is 9.95. The maximum Gasteiger partial charge on any atom is 0.226 e. The lowest BCUT2D eigenvalue weighted by atomic mass is 9.95. The first-order valence-electron chi connectivity index (χ1n) is 5.68. The molecule has 1 amide bonds. The lowest BCUT2D eigenvalue weighted by Gasteiger charge is -2.50. The van der Waals surface area contributed by atoms with Gasteiger partial charge in [0, 0.05) is 19.9 Å². The molecule has 0 aliphatic carbocycles. The first-order valence-corrected chi connectivity index (χ1v) is 5.68. The van der Waals surface area contributed by atoms with Crippen molar-refractivity contribution in [1.29, 1.82) is 0 Å². The highest BCUT2D eigenvalue weighted by molar-refractivity contribution is 5.77. The van der Waals surface area contributed by atoms with Gasteiger partial charge in [0.1, 0.15) is 0 Å². The largest absolute Gasteiger partial charge is 0.355 e. The first kappa shape index (κ1) is 10.9. The van der Waals surface area contributed by atoms with Crippen LogP contribution in [-0.2, 0) is 9.53 Å². The fraction of sp³-hybridized carbons (Fsp3) is 0.909. The van der Waals surface area contributed by atoms with Gasteiger partial charge in [-0.05, 0) is 0 Å². The Morgan fingerprint density at radius 3 is 2.53 bits per heavy atom. The Balaban J connectivity index is 2.11. The number of rotatable bonds is 0. The molecule has 1 spiro atoms. The zero-order valence-corrected chi connectivity index (χ0v) is 9.95. The van der Waals surface area contributed by atoms with Gasteiger partial charge in [-0.1, -0.05) is 0 Å². The second-order valence-corrected chi connectivity index (χ2v) is 5.38. The third kappa shape index (κ3) is 1.88. The van der Waals surface area contributed by atoms with Crippen molar-refractivity contribution in [2.45, 2.75) is 25.0 Å². The highest BCUT2D eigenvalue weighted by Crippen LogP contribution is 2.33. The smallest absolute Gasteiger partial charge is 0.226 e. The third-order valence-electron chi connectivity index (χ3n) is 3.89. The highest BCUT2D eigenvalue weighted by atomic mass is 16.5. The molecule has 0 saturated carbocycles. The first-order chi connectivity index (χ1) is 6.95. The minimum absolute atomic E-state index is 0.230. The summed E-state index contributed by atoms with van der Waals surface area (Å²) in [5.74, 6) is 0.230. The molecule has 0 aromatic heterocycles. The standard InChI is InChI=1S/C11H21N2O2/c1-12-10(14)4-9-15-11(12)5-7-13(2,3)8-6-11/h4-9H2,1-3H3/q+1. The topological polar surface area (TPSA) is 29.5 Å². The molecule has 2 rings (SSSR count). The molecule has 0 N–H and O–H groups in total. The molecule has 2 saturated heterocycles. The predicted molar refractivity (Wildman–Crippen MR) is 57.1 cm³/mol. The number of carbonyl (C=O) groups excluding carboxylic acids is 1. The van der Waals surface area contributed by atoms with E-state index in [0.717, 1.165) is 30.4 Å². The highest BCUT2D eigenvalue weighted by Gasteiger charge is 2.46. The van der Waals surface area contributed by atoms with Crippen molar-refractivity contribution in [3.05, 3.63) is 0 Å². The molecule has 0 unspecified atom stereocenters. The van der Waals surface area contributed by atoms with E-state index in [-0.39, 0.29) is 11.6 Å². The lowest BCUT2D eigenvalue weighted by molar-refractivity contribution is -0.898. The van der Waals surface area contributed by atoms with E-state index in [1.54, 1.807) is 0 Å². The van der Waals surface area contributed by atoms with Crippen LogP contribution in [-0.4, -0.2) is 61.9 Å². The van der Waals surface area contributed by atoms with Crippen LogP contribution in [0.3, 0.4) is 0 Å². The van der Waals surface area contributed by atoms with Gasteiger partial charge in [0.15, 0.2) is 5.72 Å². The van der Waals surface area contributed by atoms with Crippen LogP contribution in [0.25, 0.3) is 0 Å². The van der Waals surface area contributed by atoms with E-state index in [1.165, 1.54) is 0 Å². The van der Waals surface area contributed by atoms with Gasteiger partial charge in [0.25, 0.3) is 0 Å². The molecular formula is C11H21N2O2+. The summed E-state index contributed by atoms with van der Waals surface area (Å²) in [6.45, 7) is 2.76. The Labute approximate surface area is 91.4 Å². The minimum atomic E-state index is -0.289. The fourth-order valence-electron chi connectivity index (χ4n) is 2.49. The van der Waals surface area contributed by atoms with Gasteiger partial charge in [-0.15, -0.1) is 0 Å². The van der Waals surface area contributed by atoms with Crippen LogP contribution in [0.1, 0.15) is 19.3 Å². The molecule has 2 fully saturated rings. The van der Waals surface area contributed by atoms with Crippen molar-refractivity contribution >= 4 is 5.91 Å². The maximum atomic E-state index is 11.7. The van der Waals surface area contributed by atoms with Crippen molar-refractivity contribution in [2.75, 3.05) is 40.8 Å². The number of quaternary nitrogens is 1. The Morgan fingerprint density at radius 2 is 1.93 bits per heavy atom. The lowest BCUT2D eigenvalue weighted by Crippen LogP contribution is -2.63. The number of likely N-dealkylation sites (tertiary alicyclic amines) is 1. The van der Waals surface area contributed by atoms with Gasteiger partial charge in [-0.2, -0.15) is 0 Å². The van der Waals surface area contributed by atoms with E-state index in [4.69, 9.17) is 4.74 Å². The Kier molecular flexibility index (Phi) is 2.51.